The number of aliphatic hydroxyl groups excluding tert-OH is 2. The van der Waals surface area contributed by atoms with Crippen molar-refractivity contribution in [3.8, 4) is 6.07 Å². The maximum atomic E-state index is 9.75. The molecule has 9 heteroatoms. The standard InChI is InChI=1S/C12H16NO2S.BF4/c13-9-11-1-3-12(4-2-11)10-16(7-5-14)8-6-15;2-1(3,4)5/h1-4,14-15H,5-8,10H2;/q+1;-1. The van der Waals surface area contributed by atoms with Crippen LogP contribution in [0.5, 0.6) is 0 Å². The highest BCUT2D eigenvalue weighted by atomic mass is 32.2. The first-order valence-corrected chi connectivity index (χ1v) is 7.75. The Bertz CT molecular complexity index is 424. The Hall–Kier alpha value is -1.24. The minimum Gasteiger partial charge on any atom is -0.418 e. The molecule has 0 radical (unpaired) electrons. The molecule has 3 nitrogen and oxygen atoms in total. The number of nitrogens with zero attached hydrogens (tertiary/aromatic N) is 1. The van der Waals surface area contributed by atoms with E-state index in [9.17, 15) is 17.3 Å². The first-order valence-electron chi connectivity index (χ1n) is 6.02. The molecule has 0 saturated carbocycles. The third kappa shape index (κ3) is 12.2. The van der Waals surface area contributed by atoms with Crippen LogP contribution >= 0.6 is 0 Å². The molecule has 118 valence electrons. The Morgan fingerprint density at radius 1 is 1.00 bits per heavy atom. The van der Waals surface area contributed by atoms with Crippen LogP contribution in [0.4, 0.5) is 17.3 Å². The normalized spacial score (nSPS) is 10.8. The summed E-state index contributed by atoms with van der Waals surface area (Å²) in [5.41, 5.74) is 1.82. The largest absolute Gasteiger partial charge is 0.673 e. The minimum atomic E-state index is -6.00. The number of nitriles is 1. The van der Waals surface area contributed by atoms with Gasteiger partial charge in [-0.25, -0.2) is 0 Å². The second kappa shape index (κ2) is 10.5. The summed E-state index contributed by atoms with van der Waals surface area (Å²) in [6.07, 6.45) is 0. The molecule has 0 fully saturated rings. The van der Waals surface area contributed by atoms with Crippen molar-refractivity contribution in [3.05, 3.63) is 35.4 Å². The van der Waals surface area contributed by atoms with Crippen molar-refractivity contribution in [3.63, 3.8) is 0 Å². The topological polar surface area (TPSA) is 64.2 Å². The zero-order chi connectivity index (χ0) is 16.3. The summed E-state index contributed by atoms with van der Waals surface area (Å²) in [6, 6.07) is 9.56. The van der Waals surface area contributed by atoms with Crippen molar-refractivity contribution in [2.45, 2.75) is 5.75 Å². The van der Waals surface area contributed by atoms with Gasteiger partial charge in [-0.05, 0) is 23.0 Å². The Labute approximate surface area is 123 Å². The lowest BCUT2D eigenvalue weighted by molar-refractivity contribution is 0.316. The van der Waals surface area contributed by atoms with E-state index in [1.807, 2.05) is 12.1 Å². The van der Waals surface area contributed by atoms with Crippen LogP contribution in [0.2, 0.25) is 0 Å². The molecular weight excluding hydrogens is 309 g/mol. The van der Waals surface area contributed by atoms with Crippen LogP contribution in [0.3, 0.4) is 0 Å². The van der Waals surface area contributed by atoms with Gasteiger partial charge in [0.25, 0.3) is 0 Å². The summed E-state index contributed by atoms with van der Waals surface area (Å²) < 4.78 is 39.0. The molecule has 0 unspecified atom stereocenters. The average Bonchev–Trinajstić information content (AvgIpc) is 2.38. The monoisotopic (exact) mass is 325 g/mol. The summed E-state index contributed by atoms with van der Waals surface area (Å²) >= 11 is 0. The van der Waals surface area contributed by atoms with E-state index < -0.39 is 7.25 Å². The van der Waals surface area contributed by atoms with Gasteiger partial charge in [0.15, 0.2) is 0 Å². The second-order valence-corrected chi connectivity index (χ2v) is 6.25. The highest BCUT2D eigenvalue weighted by molar-refractivity contribution is 7.96. The SMILES string of the molecule is F[B-](F)(F)F.N#Cc1ccc(C[S+](CCO)CCO)cc1. The van der Waals surface area contributed by atoms with Gasteiger partial charge in [-0.2, -0.15) is 5.26 Å². The summed E-state index contributed by atoms with van der Waals surface area (Å²) in [4.78, 5) is 0. The number of aliphatic hydroxyl groups is 2. The Balaban J connectivity index is 0.000000690. The maximum Gasteiger partial charge on any atom is 0.673 e. The van der Waals surface area contributed by atoms with Crippen LogP contribution in [0.1, 0.15) is 11.1 Å². The third-order valence-electron chi connectivity index (χ3n) is 2.21. The molecule has 0 aliphatic carbocycles. The lowest BCUT2D eigenvalue weighted by Gasteiger charge is -2.06. The van der Waals surface area contributed by atoms with E-state index >= 15 is 0 Å². The summed E-state index contributed by atoms with van der Waals surface area (Å²) in [6.45, 7) is 0.332. The van der Waals surface area contributed by atoms with Gasteiger partial charge in [-0.3, -0.25) is 0 Å². The van der Waals surface area contributed by atoms with Crippen molar-refractivity contribution >= 4 is 18.1 Å². The second-order valence-electron chi connectivity index (χ2n) is 3.92. The average molecular weight is 325 g/mol. The number of rotatable bonds is 6. The van der Waals surface area contributed by atoms with Gasteiger partial charge >= 0.3 is 7.25 Å². The van der Waals surface area contributed by atoms with Gasteiger partial charge < -0.3 is 27.5 Å². The molecule has 0 aliphatic rings. The minimum absolute atomic E-state index is 0.0330. The molecular formula is C12H16BF4NO2S. The van der Waals surface area contributed by atoms with Gasteiger partial charge in [0.2, 0.25) is 0 Å². The summed E-state index contributed by atoms with van der Waals surface area (Å²) in [5, 5.41) is 26.5. The van der Waals surface area contributed by atoms with Crippen LogP contribution in [0.15, 0.2) is 24.3 Å². The van der Waals surface area contributed by atoms with Gasteiger partial charge in [0.1, 0.15) is 17.3 Å². The van der Waals surface area contributed by atoms with Gasteiger partial charge in [-0.15, -0.1) is 0 Å². The predicted molar refractivity (Wildman–Crippen MR) is 76.3 cm³/mol. The van der Waals surface area contributed by atoms with E-state index in [1.165, 1.54) is 0 Å². The van der Waals surface area contributed by atoms with E-state index in [2.05, 4.69) is 6.07 Å². The Morgan fingerprint density at radius 2 is 1.43 bits per heavy atom. The van der Waals surface area contributed by atoms with Crippen LogP contribution in [-0.2, 0) is 16.6 Å². The molecule has 0 heterocycles. The number of benzene rings is 1. The fraction of sp³-hybridized carbons (Fsp3) is 0.417. The molecule has 1 rings (SSSR count). The lowest BCUT2D eigenvalue weighted by atomic mass is 10.2. The smallest absolute Gasteiger partial charge is 0.418 e. The zero-order valence-electron chi connectivity index (χ0n) is 11.2. The first kappa shape index (κ1) is 19.8. The third-order valence-corrected chi connectivity index (χ3v) is 4.48. The van der Waals surface area contributed by atoms with Crippen molar-refractivity contribution < 1.29 is 27.5 Å². The molecule has 0 atom stereocenters. The van der Waals surface area contributed by atoms with Crippen molar-refractivity contribution in [1.82, 2.24) is 0 Å². The van der Waals surface area contributed by atoms with E-state index in [-0.39, 0.29) is 24.1 Å². The molecule has 1 aromatic carbocycles. The predicted octanol–water partition coefficient (Wildman–Crippen LogP) is 1.96. The van der Waals surface area contributed by atoms with E-state index in [4.69, 9.17) is 15.5 Å². The van der Waals surface area contributed by atoms with E-state index in [0.29, 0.717) is 5.56 Å². The molecule has 0 saturated heterocycles. The van der Waals surface area contributed by atoms with Crippen molar-refractivity contribution in [2.75, 3.05) is 24.7 Å². The fourth-order valence-corrected chi connectivity index (χ4v) is 3.09. The molecule has 0 aromatic heterocycles. The van der Waals surface area contributed by atoms with Gasteiger partial charge in [0.05, 0.1) is 24.8 Å². The van der Waals surface area contributed by atoms with Crippen molar-refractivity contribution in [2.24, 2.45) is 0 Å². The lowest BCUT2D eigenvalue weighted by Crippen LogP contribution is -2.19. The Kier molecular flexibility index (Phi) is 9.87. The van der Waals surface area contributed by atoms with Crippen LogP contribution in [0, 0.1) is 11.3 Å². The highest BCUT2D eigenvalue weighted by Gasteiger charge is 2.20. The van der Waals surface area contributed by atoms with Crippen LogP contribution in [-0.4, -0.2) is 42.2 Å². The van der Waals surface area contributed by atoms with E-state index in [0.717, 1.165) is 22.8 Å². The van der Waals surface area contributed by atoms with Crippen molar-refractivity contribution in [1.29, 1.82) is 5.26 Å². The number of halogens is 4. The molecule has 0 aliphatic heterocycles. The maximum absolute atomic E-state index is 9.75. The molecule has 21 heavy (non-hydrogen) atoms. The van der Waals surface area contributed by atoms with E-state index in [1.54, 1.807) is 12.1 Å². The molecule has 2 N–H and O–H groups in total. The van der Waals surface area contributed by atoms with Gasteiger partial charge in [-0.1, -0.05) is 12.1 Å². The quantitative estimate of drug-likeness (QED) is 0.477. The summed E-state index contributed by atoms with van der Waals surface area (Å²) in [5.74, 6) is 2.34. The van der Waals surface area contributed by atoms with Crippen LogP contribution in [0.25, 0.3) is 0 Å². The molecule has 1 aromatic rings. The van der Waals surface area contributed by atoms with Gasteiger partial charge in [0, 0.05) is 5.56 Å². The summed E-state index contributed by atoms with van der Waals surface area (Å²) in [7, 11) is -5.97. The fourth-order valence-electron chi connectivity index (χ4n) is 1.42. The zero-order valence-corrected chi connectivity index (χ0v) is 12.0. The molecule has 0 spiro atoms. The molecule has 0 bridgehead atoms. The Morgan fingerprint density at radius 3 is 1.76 bits per heavy atom. The number of hydrogen-bond donors (Lipinski definition) is 2. The number of hydrogen-bond acceptors (Lipinski definition) is 3. The first-order chi connectivity index (χ1) is 9.80. The molecule has 0 amide bonds. The van der Waals surface area contributed by atoms with Crippen LogP contribution < -0.4 is 0 Å². The highest BCUT2D eigenvalue weighted by Crippen LogP contribution is 2.10.